The fraction of sp³-hybridized carbons (Fsp3) is 0. The number of rotatable bonds is 0. The van der Waals surface area contributed by atoms with Crippen molar-refractivity contribution in [2.24, 2.45) is 5.73 Å². The SMILES string of the molecule is NC1=C(Br)C(=O)c2ccncc2C1=O. The van der Waals surface area contributed by atoms with Crippen LogP contribution in [0.5, 0.6) is 0 Å². The Bertz CT molecular complexity index is 436. The van der Waals surface area contributed by atoms with Gasteiger partial charge in [0.25, 0.3) is 0 Å². The van der Waals surface area contributed by atoms with Crippen LogP contribution in [0.3, 0.4) is 0 Å². The van der Waals surface area contributed by atoms with Crippen LogP contribution in [0.15, 0.2) is 28.6 Å². The summed E-state index contributed by atoms with van der Waals surface area (Å²) in [6, 6.07) is 1.50. The summed E-state index contributed by atoms with van der Waals surface area (Å²) >= 11 is 2.99. The van der Waals surface area contributed by atoms with Gasteiger partial charge in [0.05, 0.1) is 15.7 Å². The van der Waals surface area contributed by atoms with Crippen LogP contribution in [0.4, 0.5) is 0 Å². The molecule has 0 bridgehead atoms. The summed E-state index contributed by atoms with van der Waals surface area (Å²) in [5.74, 6) is -0.640. The molecule has 4 nitrogen and oxygen atoms in total. The molecular formula is C9H5BrN2O2. The Morgan fingerprint density at radius 1 is 1.21 bits per heavy atom. The molecule has 0 aromatic carbocycles. The molecule has 1 aromatic heterocycles. The second-order valence-corrected chi connectivity index (χ2v) is 3.60. The monoisotopic (exact) mass is 252 g/mol. The van der Waals surface area contributed by atoms with E-state index in [9.17, 15) is 9.59 Å². The molecule has 70 valence electrons. The molecule has 2 N–H and O–H groups in total. The van der Waals surface area contributed by atoms with Crippen LogP contribution < -0.4 is 5.73 Å². The van der Waals surface area contributed by atoms with Crippen LogP contribution in [-0.4, -0.2) is 16.6 Å². The Morgan fingerprint density at radius 2 is 1.93 bits per heavy atom. The number of hydrogen-bond donors (Lipinski definition) is 1. The Balaban J connectivity index is 2.73. The molecule has 0 amide bonds. The average Bonchev–Trinajstić information content (AvgIpc) is 2.23. The average molecular weight is 253 g/mol. The number of nitrogens with two attached hydrogens (primary N) is 1. The van der Waals surface area contributed by atoms with Gasteiger partial charge in [-0.2, -0.15) is 0 Å². The summed E-state index contributed by atoms with van der Waals surface area (Å²) < 4.78 is 0.126. The minimum Gasteiger partial charge on any atom is -0.395 e. The van der Waals surface area contributed by atoms with Gasteiger partial charge in [0.1, 0.15) is 0 Å². The lowest BCUT2D eigenvalue weighted by Gasteiger charge is -2.13. The number of fused-ring (bicyclic) bond motifs is 1. The van der Waals surface area contributed by atoms with Crippen LogP contribution in [0.25, 0.3) is 0 Å². The van der Waals surface area contributed by atoms with E-state index in [1.165, 1.54) is 18.5 Å². The number of allylic oxidation sites excluding steroid dienone is 2. The van der Waals surface area contributed by atoms with E-state index in [2.05, 4.69) is 20.9 Å². The zero-order valence-electron chi connectivity index (χ0n) is 6.95. The lowest BCUT2D eigenvalue weighted by molar-refractivity contribution is 0.0980. The number of ketones is 2. The highest BCUT2D eigenvalue weighted by atomic mass is 79.9. The van der Waals surface area contributed by atoms with E-state index >= 15 is 0 Å². The Morgan fingerprint density at radius 3 is 2.64 bits per heavy atom. The highest BCUT2D eigenvalue weighted by Crippen LogP contribution is 2.26. The Labute approximate surface area is 87.9 Å². The first-order chi connectivity index (χ1) is 6.63. The number of carbonyl (C=O) groups is 2. The first-order valence-corrected chi connectivity index (χ1v) is 4.61. The number of carbonyl (C=O) groups excluding carboxylic acids is 2. The van der Waals surface area contributed by atoms with Crippen LogP contribution in [-0.2, 0) is 0 Å². The molecule has 2 rings (SSSR count). The minimum atomic E-state index is -0.362. The van der Waals surface area contributed by atoms with Crippen molar-refractivity contribution in [1.29, 1.82) is 0 Å². The van der Waals surface area contributed by atoms with E-state index in [1.54, 1.807) is 0 Å². The summed E-state index contributed by atoms with van der Waals surface area (Å²) in [6.07, 6.45) is 2.81. The van der Waals surface area contributed by atoms with Crippen LogP contribution in [0, 0.1) is 0 Å². The van der Waals surface area contributed by atoms with E-state index in [0.717, 1.165) is 0 Å². The maximum Gasteiger partial charge on any atom is 0.212 e. The van der Waals surface area contributed by atoms with Crippen molar-refractivity contribution in [2.45, 2.75) is 0 Å². The van der Waals surface area contributed by atoms with Crippen molar-refractivity contribution < 1.29 is 9.59 Å². The molecule has 0 atom stereocenters. The number of Topliss-reactive ketones (excluding diaryl/α,β-unsaturated/α-hetero) is 2. The van der Waals surface area contributed by atoms with Crippen LogP contribution >= 0.6 is 15.9 Å². The summed E-state index contributed by atoms with van der Waals surface area (Å²) in [5, 5.41) is 0. The van der Waals surface area contributed by atoms with Gasteiger partial charge in [0.15, 0.2) is 0 Å². The number of aromatic nitrogens is 1. The van der Waals surface area contributed by atoms with Gasteiger partial charge < -0.3 is 5.73 Å². The second-order valence-electron chi connectivity index (χ2n) is 2.81. The molecule has 0 spiro atoms. The molecule has 1 aromatic rings. The van der Waals surface area contributed by atoms with Gasteiger partial charge in [0, 0.05) is 18.0 Å². The van der Waals surface area contributed by atoms with Gasteiger partial charge in [-0.3, -0.25) is 14.6 Å². The molecule has 1 heterocycles. The molecule has 0 saturated carbocycles. The predicted octanol–water partition coefficient (Wildman–Crippen LogP) is 1.03. The third kappa shape index (κ3) is 1.09. The van der Waals surface area contributed by atoms with E-state index in [0.29, 0.717) is 5.56 Å². The molecular weight excluding hydrogens is 248 g/mol. The van der Waals surface area contributed by atoms with Gasteiger partial charge in [-0.1, -0.05) is 0 Å². The van der Waals surface area contributed by atoms with Crippen molar-refractivity contribution in [2.75, 3.05) is 0 Å². The van der Waals surface area contributed by atoms with Crippen molar-refractivity contribution >= 4 is 27.5 Å². The molecule has 0 aliphatic heterocycles. The van der Waals surface area contributed by atoms with E-state index < -0.39 is 0 Å². The van der Waals surface area contributed by atoms with Gasteiger partial charge in [0.2, 0.25) is 11.6 Å². The molecule has 14 heavy (non-hydrogen) atoms. The standard InChI is InChI=1S/C9H5BrN2O2/c10-6-7(11)9(14)5-3-12-2-1-4(5)8(6)13/h1-3H,11H2. The van der Waals surface area contributed by atoms with Crippen molar-refractivity contribution in [1.82, 2.24) is 4.98 Å². The molecule has 0 radical (unpaired) electrons. The predicted molar refractivity (Wildman–Crippen MR) is 53.0 cm³/mol. The highest BCUT2D eigenvalue weighted by Gasteiger charge is 2.29. The maximum absolute atomic E-state index is 11.6. The van der Waals surface area contributed by atoms with Gasteiger partial charge >= 0.3 is 0 Å². The first-order valence-electron chi connectivity index (χ1n) is 3.81. The molecule has 1 aliphatic carbocycles. The zero-order chi connectivity index (χ0) is 10.3. The summed E-state index contributed by atoms with van der Waals surface area (Å²) in [4.78, 5) is 27.0. The minimum absolute atomic E-state index is 0.0597. The number of hydrogen-bond acceptors (Lipinski definition) is 4. The lowest BCUT2D eigenvalue weighted by Crippen LogP contribution is -2.24. The number of halogens is 1. The smallest absolute Gasteiger partial charge is 0.212 e. The highest BCUT2D eigenvalue weighted by molar-refractivity contribution is 9.12. The zero-order valence-corrected chi connectivity index (χ0v) is 8.54. The lowest BCUT2D eigenvalue weighted by atomic mass is 9.95. The third-order valence-electron chi connectivity index (χ3n) is 1.99. The molecule has 5 heteroatoms. The first kappa shape index (κ1) is 9.08. The maximum atomic E-state index is 11.6. The molecule has 0 fully saturated rings. The second kappa shape index (κ2) is 3.02. The van der Waals surface area contributed by atoms with Crippen LogP contribution in [0.1, 0.15) is 20.7 Å². The summed E-state index contributed by atoms with van der Waals surface area (Å²) in [7, 11) is 0. The van der Waals surface area contributed by atoms with Crippen LogP contribution in [0.2, 0.25) is 0 Å². The van der Waals surface area contributed by atoms with Gasteiger partial charge in [-0.25, -0.2) is 0 Å². The van der Waals surface area contributed by atoms with E-state index in [4.69, 9.17) is 5.73 Å². The van der Waals surface area contributed by atoms with Crippen molar-refractivity contribution in [3.05, 3.63) is 39.8 Å². The van der Waals surface area contributed by atoms with E-state index in [1.807, 2.05) is 0 Å². The van der Waals surface area contributed by atoms with Crippen molar-refractivity contribution in [3.63, 3.8) is 0 Å². The fourth-order valence-corrected chi connectivity index (χ4v) is 1.65. The van der Waals surface area contributed by atoms with Gasteiger partial charge in [-0.05, 0) is 22.0 Å². The van der Waals surface area contributed by atoms with Crippen molar-refractivity contribution in [3.8, 4) is 0 Å². The van der Waals surface area contributed by atoms with Gasteiger partial charge in [-0.15, -0.1) is 0 Å². The largest absolute Gasteiger partial charge is 0.395 e. The molecule has 1 aliphatic rings. The van der Waals surface area contributed by atoms with E-state index in [-0.39, 0.29) is 27.3 Å². The quantitative estimate of drug-likeness (QED) is 0.749. The Hall–Kier alpha value is -1.49. The molecule has 0 unspecified atom stereocenters. The Kier molecular flexibility index (Phi) is 1.96. The summed E-state index contributed by atoms with van der Waals surface area (Å²) in [5.41, 5.74) is 6.00. The number of nitrogens with zero attached hydrogens (tertiary/aromatic N) is 1. The topological polar surface area (TPSA) is 73.1 Å². The fourth-order valence-electron chi connectivity index (χ4n) is 1.26. The normalized spacial score (nSPS) is 15.8. The number of pyridine rings is 1. The summed E-state index contributed by atoms with van der Waals surface area (Å²) in [6.45, 7) is 0. The third-order valence-corrected chi connectivity index (χ3v) is 2.78. The molecule has 0 saturated heterocycles.